The number of nitrogens with zero attached hydrogens (tertiary/aromatic N) is 1. The number of methoxy groups -OCH3 is 1. The van der Waals surface area contributed by atoms with E-state index in [9.17, 15) is 33.3 Å². The van der Waals surface area contributed by atoms with Gasteiger partial charge in [-0.05, 0) is 116 Å². The Morgan fingerprint density at radius 3 is 2.41 bits per heavy atom. The van der Waals surface area contributed by atoms with Crippen molar-refractivity contribution in [1.82, 2.24) is 10.3 Å². The number of nitrogens with two attached hydrogens (primary N) is 1. The number of hydrogen-bond acceptors (Lipinski definition) is 11. The number of fused-ring (bicyclic) bond motifs is 1. The monoisotopic (exact) mass is 817 g/mol. The molecule has 1 heterocycles. The van der Waals surface area contributed by atoms with Crippen LogP contribution in [-0.4, -0.2) is 60.7 Å². The Morgan fingerprint density at radius 2 is 1.66 bits per heavy atom. The third-order valence-corrected chi connectivity index (χ3v) is 11.7. The highest BCUT2D eigenvalue weighted by Gasteiger charge is 2.24. The SMILES string of the molecule is COc1cccc(Nc2c(C(N)=O)cnc3c(C)cc(S(=O)(=O)c4cccc(C(=O)Nc5ccc(CCCCCNCC(O)c6ccc(O)c(CO)c6)cc5)c4)cc23)c1. The van der Waals surface area contributed by atoms with Crippen molar-refractivity contribution < 1.29 is 38.1 Å². The molecule has 6 rings (SSSR count). The molecule has 0 fully saturated rings. The predicted octanol–water partition coefficient (Wildman–Crippen LogP) is 6.71. The van der Waals surface area contributed by atoms with Gasteiger partial charge in [0.2, 0.25) is 9.84 Å². The van der Waals surface area contributed by atoms with Crippen LogP contribution in [0.2, 0.25) is 0 Å². The van der Waals surface area contributed by atoms with Gasteiger partial charge in [0.1, 0.15) is 11.5 Å². The van der Waals surface area contributed by atoms with E-state index in [1.54, 1.807) is 49.4 Å². The maximum atomic E-state index is 14.1. The topological polar surface area (TPSA) is 213 Å². The van der Waals surface area contributed by atoms with E-state index < -0.39 is 27.8 Å². The molecule has 0 spiro atoms. The molecule has 306 valence electrons. The number of phenols is 1. The molecule has 2 amide bonds. The van der Waals surface area contributed by atoms with Gasteiger partial charge in [-0.2, -0.15) is 0 Å². The van der Waals surface area contributed by atoms with E-state index in [0.29, 0.717) is 56.9 Å². The molecular weight excluding hydrogens is 771 g/mol. The molecule has 0 radical (unpaired) electrons. The van der Waals surface area contributed by atoms with E-state index in [1.807, 2.05) is 24.3 Å². The van der Waals surface area contributed by atoms with Crippen LogP contribution in [0.1, 0.15) is 68.3 Å². The zero-order valence-corrected chi connectivity index (χ0v) is 33.6. The molecule has 0 aliphatic carbocycles. The Balaban J connectivity index is 1.07. The van der Waals surface area contributed by atoms with Gasteiger partial charge in [0, 0.05) is 46.7 Å². The van der Waals surface area contributed by atoms with Crippen LogP contribution in [0.15, 0.2) is 119 Å². The number of benzene rings is 5. The number of carbonyl (C=O) groups is 2. The number of amides is 2. The minimum absolute atomic E-state index is 0.000594. The van der Waals surface area contributed by atoms with E-state index in [0.717, 1.165) is 37.8 Å². The average Bonchev–Trinajstić information content (AvgIpc) is 3.24. The lowest BCUT2D eigenvalue weighted by atomic mass is 10.0. The second-order valence-corrected chi connectivity index (χ2v) is 16.1. The Labute approximate surface area is 342 Å². The zero-order chi connectivity index (χ0) is 42.1. The number of aromatic nitrogens is 1. The first-order valence-electron chi connectivity index (χ1n) is 19.1. The van der Waals surface area contributed by atoms with Crippen LogP contribution >= 0.6 is 0 Å². The summed E-state index contributed by atoms with van der Waals surface area (Å²) in [4.78, 5) is 30.2. The third-order valence-electron chi connectivity index (χ3n) is 9.98. The zero-order valence-electron chi connectivity index (χ0n) is 32.7. The number of carbonyl (C=O) groups excluding carboxylic acids is 2. The fraction of sp³-hybridized carbons (Fsp3) is 0.222. The van der Waals surface area contributed by atoms with Crippen LogP contribution in [0.5, 0.6) is 11.5 Å². The molecule has 0 saturated carbocycles. The number of aryl methyl sites for hydroxylation is 2. The summed E-state index contributed by atoms with van der Waals surface area (Å²) in [5.41, 5.74) is 10.5. The van der Waals surface area contributed by atoms with Gasteiger partial charge in [0.05, 0.1) is 46.4 Å². The highest BCUT2D eigenvalue weighted by Crippen LogP contribution is 2.35. The first-order valence-corrected chi connectivity index (χ1v) is 20.6. The Kier molecular flexibility index (Phi) is 13.6. The van der Waals surface area contributed by atoms with Crippen LogP contribution in [0, 0.1) is 6.92 Å². The quantitative estimate of drug-likeness (QED) is 0.0453. The minimum Gasteiger partial charge on any atom is -0.508 e. The van der Waals surface area contributed by atoms with Gasteiger partial charge in [-0.1, -0.05) is 36.8 Å². The van der Waals surface area contributed by atoms with Gasteiger partial charge in [-0.15, -0.1) is 0 Å². The predicted molar refractivity (Wildman–Crippen MR) is 227 cm³/mol. The Morgan fingerprint density at radius 1 is 0.881 bits per heavy atom. The molecule has 0 aliphatic heterocycles. The Bertz CT molecular complexity index is 2580. The van der Waals surface area contributed by atoms with Crippen molar-refractivity contribution in [2.45, 2.75) is 55.1 Å². The summed E-state index contributed by atoms with van der Waals surface area (Å²) in [6, 6.07) is 28.0. The fourth-order valence-electron chi connectivity index (χ4n) is 6.72. The molecule has 1 unspecified atom stereocenters. The first kappa shape index (κ1) is 42.3. The third kappa shape index (κ3) is 10.2. The molecule has 1 aromatic heterocycles. The number of aliphatic hydroxyl groups excluding tert-OH is 2. The second kappa shape index (κ2) is 19.0. The number of primary amides is 1. The summed E-state index contributed by atoms with van der Waals surface area (Å²) in [7, 11) is -2.62. The van der Waals surface area contributed by atoms with E-state index in [1.165, 1.54) is 49.7 Å². The van der Waals surface area contributed by atoms with E-state index in [-0.39, 0.29) is 33.3 Å². The number of pyridine rings is 1. The van der Waals surface area contributed by atoms with Crippen molar-refractivity contribution >= 4 is 49.6 Å². The lowest BCUT2D eigenvalue weighted by Crippen LogP contribution is -2.22. The lowest BCUT2D eigenvalue weighted by Gasteiger charge is -2.16. The van der Waals surface area contributed by atoms with Crippen LogP contribution in [0.4, 0.5) is 17.1 Å². The normalized spacial score (nSPS) is 11.9. The van der Waals surface area contributed by atoms with Crippen LogP contribution in [0.25, 0.3) is 10.9 Å². The van der Waals surface area contributed by atoms with Crippen molar-refractivity contribution in [1.29, 1.82) is 0 Å². The summed E-state index contributed by atoms with van der Waals surface area (Å²) in [5.74, 6) is -0.642. The summed E-state index contributed by atoms with van der Waals surface area (Å²) in [6.07, 6.45) is 4.30. The summed E-state index contributed by atoms with van der Waals surface area (Å²) in [6.45, 7) is 2.52. The number of nitrogens with one attached hydrogen (secondary N) is 3. The van der Waals surface area contributed by atoms with E-state index in [2.05, 4.69) is 20.9 Å². The standard InChI is InChI=1S/C45H47N5O8S/c1-28-20-37(24-38-42(28)48-25-39(44(46)54)43(38)49-34-10-7-11-35(23-34)58-2)59(56,57)36-12-6-9-31(22-36)45(55)50-33-16-13-29(14-17-33)8-4-3-5-19-47-26-41(53)30-15-18-40(52)32(21-30)27-51/h6-7,9-18,20-25,41,47,51-53H,3-5,8,19,26-27H2,1-2H3,(H2,46,54)(H,48,49)(H,50,55). The molecule has 0 bridgehead atoms. The summed E-state index contributed by atoms with van der Waals surface area (Å²) < 4.78 is 33.6. The van der Waals surface area contributed by atoms with Crippen molar-refractivity contribution in [3.63, 3.8) is 0 Å². The number of rotatable bonds is 18. The number of anilines is 3. The average molecular weight is 818 g/mol. The molecule has 59 heavy (non-hydrogen) atoms. The maximum Gasteiger partial charge on any atom is 0.255 e. The molecule has 0 saturated heterocycles. The van der Waals surface area contributed by atoms with Gasteiger partial charge in [0.25, 0.3) is 11.8 Å². The molecule has 0 aliphatic rings. The van der Waals surface area contributed by atoms with Crippen molar-refractivity contribution in [2.24, 2.45) is 5.73 Å². The number of aromatic hydroxyl groups is 1. The lowest BCUT2D eigenvalue weighted by molar-refractivity contribution is 0.0998. The highest BCUT2D eigenvalue weighted by atomic mass is 32.2. The van der Waals surface area contributed by atoms with Crippen LogP contribution in [0.3, 0.4) is 0 Å². The van der Waals surface area contributed by atoms with Gasteiger partial charge >= 0.3 is 0 Å². The molecule has 5 aromatic carbocycles. The maximum absolute atomic E-state index is 14.1. The number of ether oxygens (including phenoxy) is 1. The van der Waals surface area contributed by atoms with Crippen molar-refractivity contribution in [3.8, 4) is 11.5 Å². The molecule has 8 N–H and O–H groups in total. The van der Waals surface area contributed by atoms with Gasteiger partial charge in [-0.3, -0.25) is 14.6 Å². The molecule has 6 aromatic rings. The molecular formula is C45H47N5O8S. The first-order chi connectivity index (χ1) is 28.4. The molecule has 13 nitrogen and oxygen atoms in total. The van der Waals surface area contributed by atoms with Gasteiger partial charge in [-0.25, -0.2) is 8.42 Å². The van der Waals surface area contributed by atoms with Crippen LogP contribution in [-0.2, 0) is 22.9 Å². The summed E-state index contributed by atoms with van der Waals surface area (Å²) in [5, 5.41) is 39.2. The smallest absolute Gasteiger partial charge is 0.255 e. The number of hydrogen-bond donors (Lipinski definition) is 7. The molecule has 14 heteroatoms. The molecule has 1 atom stereocenters. The fourth-order valence-corrected chi connectivity index (χ4v) is 8.14. The number of sulfone groups is 1. The minimum atomic E-state index is -4.16. The van der Waals surface area contributed by atoms with Gasteiger partial charge in [0.15, 0.2) is 0 Å². The number of aliphatic hydroxyl groups is 2. The van der Waals surface area contributed by atoms with Crippen LogP contribution < -0.4 is 26.4 Å². The van der Waals surface area contributed by atoms with Crippen molar-refractivity contribution in [2.75, 3.05) is 30.8 Å². The largest absolute Gasteiger partial charge is 0.508 e. The number of unbranched alkanes of at least 4 members (excludes halogenated alkanes) is 2. The van der Waals surface area contributed by atoms with Crippen molar-refractivity contribution in [3.05, 3.63) is 143 Å². The highest BCUT2D eigenvalue weighted by molar-refractivity contribution is 7.91. The second-order valence-electron chi connectivity index (χ2n) is 14.2. The van der Waals surface area contributed by atoms with E-state index >= 15 is 0 Å². The summed E-state index contributed by atoms with van der Waals surface area (Å²) >= 11 is 0. The van der Waals surface area contributed by atoms with E-state index in [4.69, 9.17) is 10.5 Å². The Hall–Kier alpha value is -6.32. The van der Waals surface area contributed by atoms with Gasteiger partial charge < -0.3 is 41.7 Å².